The van der Waals surface area contributed by atoms with Gasteiger partial charge >= 0.3 is 0 Å². The smallest absolute Gasteiger partial charge is 0.272 e. The lowest BCUT2D eigenvalue weighted by Gasteiger charge is -2.16. The summed E-state index contributed by atoms with van der Waals surface area (Å²) in [6.45, 7) is 3.12. The van der Waals surface area contributed by atoms with Crippen LogP contribution in [0, 0.1) is 6.92 Å². The van der Waals surface area contributed by atoms with E-state index in [-0.39, 0.29) is 28.7 Å². The Bertz CT molecular complexity index is 1020. The minimum atomic E-state index is -0.456. The molecule has 0 spiro atoms. The molecule has 8 heteroatoms. The Morgan fingerprint density at radius 3 is 2.41 bits per heavy atom. The molecular weight excluding hydrogens is 412 g/mol. The van der Waals surface area contributed by atoms with Gasteiger partial charge in [0.2, 0.25) is 5.91 Å². The summed E-state index contributed by atoms with van der Waals surface area (Å²) in [6.07, 6.45) is 0. The number of rotatable bonds is 6. The molecule has 2 aromatic carbocycles. The second-order valence-electron chi connectivity index (χ2n) is 6.41. The molecule has 0 atom stereocenters. The molecule has 2 N–H and O–H groups in total. The summed E-state index contributed by atoms with van der Waals surface area (Å²) in [7, 11) is 0. The van der Waals surface area contributed by atoms with Crippen molar-refractivity contribution >= 4 is 58.0 Å². The number of carbonyl (C=O) groups excluding carboxylic acids is 3. The SMILES string of the molecule is CC(=O)Nc1ccc(C2=C(SCCO)C(=O)N(c3ccc(C)c(Cl)c3)C2=O)cc1. The van der Waals surface area contributed by atoms with E-state index in [9.17, 15) is 19.5 Å². The van der Waals surface area contributed by atoms with Crippen LogP contribution in [0.1, 0.15) is 18.1 Å². The van der Waals surface area contributed by atoms with Gasteiger partial charge in [0.1, 0.15) is 0 Å². The summed E-state index contributed by atoms with van der Waals surface area (Å²) in [6, 6.07) is 11.7. The number of nitrogens with one attached hydrogen (secondary N) is 1. The minimum Gasteiger partial charge on any atom is -0.396 e. The van der Waals surface area contributed by atoms with Gasteiger partial charge in [-0.25, -0.2) is 4.90 Å². The van der Waals surface area contributed by atoms with Crippen molar-refractivity contribution in [1.29, 1.82) is 0 Å². The van der Waals surface area contributed by atoms with E-state index in [0.29, 0.717) is 22.0 Å². The number of anilines is 2. The summed E-state index contributed by atoms with van der Waals surface area (Å²) in [4.78, 5) is 38.8. The van der Waals surface area contributed by atoms with Crippen LogP contribution in [-0.2, 0) is 14.4 Å². The summed E-state index contributed by atoms with van der Waals surface area (Å²) in [5.41, 5.74) is 2.64. The molecule has 0 saturated carbocycles. The van der Waals surface area contributed by atoms with Crippen molar-refractivity contribution in [3.05, 3.63) is 63.5 Å². The van der Waals surface area contributed by atoms with Gasteiger partial charge < -0.3 is 10.4 Å². The zero-order valence-electron chi connectivity index (χ0n) is 15.9. The molecule has 1 heterocycles. The van der Waals surface area contributed by atoms with E-state index in [2.05, 4.69) is 5.32 Å². The molecular formula is C21H19ClN2O4S. The number of thioether (sulfide) groups is 1. The summed E-state index contributed by atoms with van der Waals surface area (Å²) in [5.74, 6) is -0.827. The zero-order valence-corrected chi connectivity index (χ0v) is 17.4. The first-order chi connectivity index (χ1) is 13.8. The third kappa shape index (κ3) is 4.37. The molecule has 0 saturated heterocycles. The Hall–Kier alpha value is -2.61. The van der Waals surface area contributed by atoms with Crippen LogP contribution >= 0.6 is 23.4 Å². The van der Waals surface area contributed by atoms with E-state index in [1.165, 1.54) is 6.92 Å². The number of aliphatic hydroxyl groups excluding tert-OH is 1. The van der Waals surface area contributed by atoms with Gasteiger partial charge in [-0.3, -0.25) is 14.4 Å². The van der Waals surface area contributed by atoms with Crippen LogP contribution in [0.3, 0.4) is 0 Å². The number of aryl methyl sites for hydroxylation is 1. The highest BCUT2D eigenvalue weighted by atomic mass is 35.5. The monoisotopic (exact) mass is 430 g/mol. The molecule has 0 fully saturated rings. The fourth-order valence-corrected chi connectivity index (χ4v) is 3.96. The molecule has 1 aliphatic heterocycles. The van der Waals surface area contributed by atoms with E-state index >= 15 is 0 Å². The van der Waals surface area contributed by atoms with Gasteiger partial charge in [0.05, 0.1) is 22.8 Å². The second kappa shape index (κ2) is 8.82. The molecule has 0 aliphatic carbocycles. The number of halogens is 1. The Labute approximate surface area is 177 Å². The van der Waals surface area contributed by atoms with Crippen LogP contribution in [0.2, 0.25) is 5.02 Å². The molecule has 0 unspecified atom stereocenters. The summed E-state index contributed by atoms with van der Waals surface area (Å²) in [5, 5.41) is 12.3. The van der Waals surface area contributed by atoms with Crippen LogP contribution in [0.15, 0.2) is 47.4 Å². The van der Waals surface area contributed by atoms with Crippen molar-refractivity contribution in [2.45, 2.75) is 13.8 Å². The van der Waals surface area contributed by atoms with Crippen molar-refractivity contribution in [3.63, 3.8) is 0 Å². The van der Waals surface area contributed by atoms with Crippen molar-refractivity contribution in [2.75, 3.05) is 22.6 Å². The summed E-state index contributed by atoms with van der Waals surface area (Å²) >= 11 is 7.32. The van der Waals surface area contributed by atoms with Gasteiger partial charge in [0, 0.05) is 23.4 Å². The molecule has 6 nitrogen and oxygen atoms in total. The first-order valence-electron chi connectivity index (χ1n) is 8.84. The molecule has 150 valence electrons. The number of imide groups is 1. The number of benzene rings is 2. The van der Waals surface area contributed by atoms with E-state index in [1.54, 1.807) is 42.5 Å². The molecule has 1 aliphatic rings. The van der Waals surface area contributed by atoms with Crippen LogP contribution < -0.4 is 10.2 Å². The highest BCUT2D eigenvalue weighted by Gasteiger charge is 2.40. The van der Waals surface area contributed by atoms with Gasteiger partial charge in [-0.15, -0.1) is 11.8 Å². The Balaban J connectivity index is 2.02. The maximum Gasteiger partial charge on any atom is 0.272 e. The third-order valence-corrected chi connectivity index (χ3v) is 5.75. The Kier molecular flexibility index (Phi) is 6.42. The molecule has 0 aromatic heterocycles. The Morgan fingerprint density at radius 1 is 1.14 bits per heavy atom. The topological polar surface area (TPSA) is 86.7 Å². The average Bonchev–Trinajstić information content (AvgIpc) is 2.92. The maximum atomic E-state index is 13.2. The molecule has 29 heavy (non-hydrogen) atoms. The quantitative estimate of drug-likeness (QED) is 0.683. The lowest BCUT2D eigenvalue weighted by Crippen LogP contribution is -2.31. The molecule has 0 bridgehead atoms. The predicted molar refractivity (Wildman–Crippen MR) is 116 cm³/mol. The molecule has 2 aromatic rings. The van der Waals surface area contributed by atoms with E-state index < -0.39 is 11.8 Å². The molecule has 0 radical (unpaired) electrons. The number of aliphatic hydroxyl groups is 1. The van der Waals surface area contributed by atoms with Crippen molar-refractivity contribution in [1.82, 2.24) is 0 Å². The van der Waals surface area contributed by atoms with Crippen LogP contribution in [-0.4, -0.2) is 35.2 Å². The van der Waals surface area contributed by atoms with Crippen LogP contribution in [0.5, 0.6) is 0 Å². The lowest BCUT2D eigenvalue weighted by atomic mass is 10.1. The van der Waals surface area contributed by atoms with Crippen molar-refractivity contribution < 1.29 is 19.5 Å². The largest absolute Gasteiger partial charge is 0.396 e. The molecule has 3 rings (SSSR count). The van der Waals surface area contributed by atoms with Gasteiger partial charge in [0.25, 0.3) is 11.8 Å². The fourth-order valence-electron chi connectivity index (χ4n) is 2.92. The number of hydrogen-bond acceptors (Lipinski definition) is 5. The average molecular weight is 431 g/mol. The summed E-state index contributed by atoms with van der Waals surface area (Å²) < 4.78 is 0. The first kappa shape index (κ1) is 21.1. The van der Waals surface area contributed by atoms with E-state index in [0.717, 1.165) is 22.2 Å². The first-order valence-corrected chi connectivity index (χ1v) is 10.2. The van der Waals surface area contributed by atoms with Crippen molar-refractivity contribution in [3.8, 4) is 0 Å². The fraction of sp³-hybridized carbons (Fsp3) is 0.190. The van der Waals surface area contributed by atoms with Gasteiger partial charge in [-0.2, -0.15) is 0 Å². The minimum absolute atomic E-state index is 0.124. The number of amides is 3. The highest BCUT2D eigenvalue weighted by molar-refractivity contribution is 8.04. The predicted octanol–water partition coefficient (Wildman–Crippen LogP) is 3.62. The van der Waals surface area contributed by atoms with E-state index in [1.807, 2.05) is 6.92 Å². The Morgan fingerprint density at radius 2 is 1.83 bits per heavy atom. The van der Waals surface area contributed by atoms with Gasteiger partial charge in [-0.05, 0) is 42.3 Å². The second-order valence-corrected chi connectivity index (χ2v) is 7.93. The highest BCUT2D eigenvalue weighted by Crippen LogP contribution is 2.39. The van der Waals surface area contributed by atoms with Crippen LogP contribution in [0.4, 0.5) is 11.4 Å². The molecule has 3 amide bonds. The number of carbonyl (C=O) groups is 3. The lowest BCUT2D eigenvalue weighted by molar-refractivity contribution is -0.120. The number of hydrogen-bond donors (Lipinski definition) is 2. The maximum absolute atomic E-state index is 13.2. The third-order valence-electron chi connectivity index (χ3n) is 4.29. The van der Waals surface area contributed by atoms with E-state index in [4.69, 9.17) is 11.6 Å². The van der Waals surface area contributed by atoms with Gasteiger partial charge in [0.15, 0.2) is 0 Å². The number of nitrogens with zero attached hydrogens (tertiary/aromatic N) is 1. The van der Waals surface area contributed by atoms with Crippen LogP contribution in [0.25, 0.3) is 5.57 Å². The normalized spacial score (nSPS) is 14.0. The zero-order chi connectivity index (χ0) is 21.1. The van der Waals surface area contributed by atoms with Crippen molar-refractivity contribution in [2.24, 2.45) is 0 Å². The standard InChI is InChI=1S/C21H19ClN2O4S/c1-12-3-8-16(11-17(12)22)24-20(27)18(19(21(24)28)29-10-9-25)14-4-6-15(7-5-14)23-13(2)26/h3-8,11,25H,9-10H2,1-2H3,(H,23,26). The van der Waals surface area contributed by atoms with Gasteiger partial charge in [-0.1, -0.05) is 29.8 Å².